The lowest BCUT2D eigenvalue weighted by Gasteiger charge is -2.13. The second kappa shape index (κ2) is 9.73. The number of nitrogens with one attached hydrogen (secondary N) is 2. The minimum Gasteiger partial charge on any atom is -0.370 e. The van der Waals surface area contributed by atoms with Gasteiger partial charge in [-0.15, -0.1) is 0 Å². The molecule has 24 heavy (non-hydrogen) atoms. The van der Waals surface area contributed by atoms with Crippen LogP contribution in [0.1, 0.15) is 30.5 Å². The van der Waals surface area contributed by atoms with Crippen LogP contribution in [-0.4, -0.2) is 19.0 Å². The van der Waals surface area contributed by atoms with Crippen molar-refractivity contribution in [2.45, 2.75) is 33.2 Å². The van der Waals surface area contributed by atoms with Crippen LogP contribution in [-0.2, 0) is 19.4 Å². The molecule has 128 valence electrons. The Balaban J connectivity index is 1.93. The molecule has 0 atom stereocenters. The van der Waals surface area contributed by atoms with Crippen molar-refractivity contribution in [3.8, 4) is 0 Å². The first-order valence-corrected chi connectivity index (χ1v) is 8.66. The molecule has 0 bridgehead atoms. The van der Waals surface area contributed by atoms with Gasteiger partial charge in [0.1, 0.15) is 0 Å². The first-order valence-electron chi connectivity index (χ1n) is 8.66. The van der Waals surface area contributed by atoms with Gasteiger partial charge >= 0.3 is 0 Å². The number of nitrogens with zero attached hydrogens (tertiary/aromatic N) is 1. The Bertz CT molecular complexity index is 650. The minimum absolute atomic E-state index is 0.463. The summed E-state index contributed by atoms with van der Waals surface area (Å²) in [5.41, 5.74) is 10.9. The highest BCUT2D eigenvalue weighted by Crippen LogP contribution is 2.16. The van der Waals surface area contributed by atoms with Gasteiger partial charge in [-0.3, -0.25) is 4.99 Å². The molecule has 0 saturated carbocycles. The van der Waals surface area contributed by atoms with Crippen molar-refractivity contribution in [3.63, 3.8) is 0 Å². The zero-order valence-electron chi connectivity index (χ0n) is 14.7. The summed E-state index contributed by atoms with van der Waals surface area (Å²) in [6.45, 7) is 6.65. The number of nitrogens with two attached hydrogens (primary N) is 1. The van der Waals surface area contributed by atoms with E-state index in [9.17, 15) is 0 Å². The molecule has 0 aliphatic carbocycles. The van der Waals surface area contributed by atoms with Crippen LogP contribution in [0, 0.1) is 0 Å². The van der Waals surface area contributed by atoms with Crippen molar-refractivity contribution in [2.24, 2.45) is 10.7 Å². The van der Waals surface area contributed by atoms with Gasteiger partial charge in [-0.1, -0.05) is 43.3 Å². The number of aryl methyl sites for hydroxylation is 1. The number of hydrogen-bond donors (Lipinski definition) is 3. The number of anilines is 1. The molecule has 2 rings (SSSR count). The third-order valence-electron chi connectivity index (χ3n) is 3.94. The van der Waals surface area contributed by atoms with E-state index >= 15 is 0 Å². The van der Waals surface area contributed by atoms with E-state index in [4.69, 9.17) is 5.73 Å². The Morgan fingerprint density at radius 2 is 1.83 bits per heavy atom. The van der Waals surface area contributed by atoms with Crippen LogP contribution in [0.15, 0.2) is 53.5 Å². The molecular weight excluding hydrogens is 296 g/mol. The summed E-state index contributed by atoms with van der Waals surface area (Å²) in [7, 11) is 0. The Morgan fingerprint density at radius 3 is 2.54 bits per heavy atom. The third-order valence-corrected chi connectivity index (χ3v) is 3.94. The second-order valence-electron chi connectivity index (χ2n) is 5.73. The van der Waals surface area contributed by atoms with Gasteiger partial charge in [0.15, 0.2) is 5.96 Å². The summed E-state index contributed by atoms with van der Waals surface area (Å²) in [6, 6.07) is 16.9. The molecular formula is C20H28N4. The van der Waals surface area contributed by atoms with Gasteiger partial charge in [0.2, 0.25) is 0 Å². The van der Waals surface area contributed by atoms with Gasteiger partial charge in [0, 0.05) is 18.8 Å². The Labute approximate surface area is 145 Å². The van der Waals surface area contributed by atoms with Crippen molar-refractivity contribution < 1.29 is 0 Å². The summed E-state index contributed by atoms with van der Waals surface area (Å²) >= 11 is 0. The number of aliphatic imine (C=N–C) groups is 1. The van der Waals surface area contributed by atoms with Crippen molar-refractivity contribution in [2.75, 3.05) is 18.4 Å². The Morgan fingerprint density at radius 1 is 1.04 bits per heavy atom. The van der Waals surface area contributed by atoms with Crippen LogP contribution >= 0.6 is 0 Å². The zero-order valence-corrected chi connectivity index (χ0v) is 14.7. The summed E-state index contributed by atoms with van der Waals surface area (Å²) < 4.78 is 0. The topological polar surface area (TPSA) is 62.4 Å². The first-order chi connectivity index (χ1) is 11.7. The number of hydrogen-bond acceptors (Lipinski definition) is 2. The Hall–Kier alpha value is -2.33. The molecule has 4 nitrogen and oxygen atoms in total. The predicted molar refractivity (Wildman–Crippen MR) is 103 cm³/mol. The molecule has 2 aromatic carbocycles. The van der Waals surface area contributed by atoms with Crippen molar-refractivity contribution >= 4 is 11.6 Å². The lowest BCUT2D eigenvalue weighted by molar-refractivity contribution is 0.683. The average molecular weight is 324 g/mol. The van der Waals surface area contributed by atoms with Gasteiger partial charge in [-0.25, -0.2) is 0 Å². The summed E-state index contributed by atoms with van der Waals surface area (Å²) in [5, 5.41) is 6.69. The molecule has 0 unspecified atom stereocenters. The van der Waals surface area contributed by atoms with E-state index in [0.29, 0.717) is 12.5 Å². The lowest BCUT2D eigenvalue weighted by Crippen LogP contribution is -2.23. The van der Waals surface area contributed by atoms with Crippen LogP contribution in [0.2, 0.25) is 0 Å². The van der Waals surface area contributed by atoms with Crippen molar-refractivity contribution in [1.29, 1.82) is 0 Å². The molecule has 4 heteroatoms. The molecule has 4 N–H and O–H groups in total. The second-order valence-corrected chi connectivity index (χ2v) is 5.73. The third kappa shape index (κ3) is 5.70. The van der Waals surface area contributed by atoms with Crippen LogP contribution in [0.25, 0.3) is 0 Å². The highest BCUT2D eigenvalue weighted by Gasteiger charge is 2.04. The zero-order chi connectivity index (χ0) is 17.2. The Kier molecular flexibility index (Phi) is 7.30. The minimum atomic E-state index is 0.463. The molecule has 0 amide bonds. The van der Waals surface area contributed by atoms with E-state index in [-0.39, 0.29) is 0 Å². The SMILES string of the molecule is CCN=C(N)Nc1ccc(CC)c(CNCCc2ccccc2)c1. The first kappa shape index (κ1) is 18.0. The van der Waals surface area contributed by atoms with E-state index in [1.54, 1.807) is 0 Å². The van der Waals surface area contributed by atoms with Gasteiger partial charge < -0.3 is 16.4 Å². The van der Waals surface area contributed by atoms with Crippen LogP contribution < -0.4 is 16.4 Å². The maximum absolute atomic E-state index is 5.85. The standard InChI is InChI=1S/C20H28N4/c1-3-17-10-11-19(24-20(21)23-4-2)14-18(17)15-22-13-12-16-8-6-5-7-9-16/h5-11,14,22H,3-4,12-13,15H2,1-2H3,(H3,21,23,24). The van der Waals surface area contributed by atoms with Crippen LogP contribution in [0.4, 0.5) is 5.69 Å². The molecule has 0 heterocycles. The maximum Gasteiger partial charge on any atom is 0.193 e. The van der Waals surface area contributed by atoms with Gasteiger partial charge in [-0.05, 0) is 55.1 Å². The van der Waals surface area contributed by atoms with Crippen LogP contribution in [0.3, 0.4) is 0 Å². The quantitative estimate of drug-likeness (QED) is 0.396. The molecule has 0 fully saturated rings. The number of benzene rings is 2. The fourth-order valence-electron chi connectivity index (χ4n) is 2.67. The summed E-state index contributed by atoms with van der Waals surface area (Å²) in [5.74, 6) is 0.463. The highest BCUT2D eigenvalue weighted by molar-refractivity contribution is 5.92. The van der Waals surface area contributed by atoms with Crippen molar-refractivity contribution in [3.05, 3.63) is 65.2 Å². The molecule has 0 aromatic heterocycles. The molecule has 0 spiro atoms. The predicted octanol–water partition coefficient (Wildman–Crippen LogP) is 3.33. The molecule has 0 aliphatic rings. The van der Waals surface area contributed by atoms with E-state index < -0.39 is 0 Å². The fourth-order valence-corrected chi connectivity index (χ4v) is 2.67. The van der Waals surface area contributed by atoms with E-state index in [1.165, 1.54) is 16.7 Å². The smallest absolute Gasteiger partial charge is 0.193 e. The van der Waals surface area contributed by atoms with E-state index in [1.807, 2.05) is 6.92 Å². The number of guanidine groups is 1. The molecule has 0 aliphatic heterocycles. The monoisotopic (exact) mass is 324 g/mol. The number of rotatable bonds is 8. The fraction of sp³-hybridized carbons (Fsp3) is 0.350. The van der Waals surface area contributed by atoms with Crippen molar-refractivity contribution in [1.82, 2.24) is 5.32 Å². The molecule has 2 aromatic rings. The highest BCUT2D eigenvalue weighted by atomic mass is 15.1. The van der Waals surface area contributed by atoms with E-state index in [0.717, 1.165) is 31.6 Å². The van der Waals surface area contributed by atoms with Gasteiger partial charge in [-0.2, -0.15) is 0 Å². The average Bonchev–Trinajstić information content (AvgIpc) is 2.60. The normalized spacial score (nSPS) is 11.5. The summed E-state index contributed by atoms with van der Waals surface area (Å²) in [6.07, 6.45) is 2.06. The lowest BCUT2D eigenvalue weighted by atomic mass is 10.0. The molecule has 0 saturated heterocycles. The summed E-state index contributed by atoms with van der Waals surface area (Å²) in [4.78, 5) is 4.17. The largest absolute Gasteiger partial charge is 0.370 e. The van der Waals surface area contributed by atoms with E-state index in [2.05, 4.69) is 71.1 Å². The maximum atomic E-state index is 5.85. The van der Waals surface area contributed by atoms with Gasteiger partial charge in [0.05, 0.1) is 0 Å². The van der Waals surface area contributed by atoms with Gasteiger partial charge in [0.25, 0.3) is 0 Å². The van der Waals surface area contributed by atoms with Crippen LogP contribution in [0.5, 0.6) is 0 Å². The molecule has 0 radical (unpaired) electrons.